The molecule has 0 saturated heterocycles. The van der Waals surface area contributed by atoms with E-state index < -0.39 is 5.54 Å². The Morgan fingerprint density at radius 1 is 1.53 bits per heavy atom. The van der Waals surface area contributed by atoms with E-state index in [4.69, 9.17) is 9.47 Å². The first-order valence-electron chi connectivity index (χ1n) is 5.96. The molecule has 0 heterocycles. The molecule has 0 spiro atoms. The summed E-state index contributed by atoms with van der Waals surface area (Å²) in [5.41, 5.74) is -0.688. The summed E-state index contributed by atoms with van der Waals surface area (Å²) in [5.74, 6) is -0.223. The van der Waals surface area contributed by atoms with E-state index in [2.05, 4.69) is 17.1 Å². The maximum Gasteiger partial charge on any atom is 0.327 e. The molecule has 0 bridgehead atoms. The van der Waals surface area contributed by atoms with Crippen LogP contribution in [0.25, 0.3) is 0 Å². The van der Waals surface area contributed by atoms with Gasteiger partial charge < -0.3 is 14.8 Å². The maximum absolute atomic E-state index is 11.9. The normalized spacial score (nSPS) is 16.6. The van der Waals surface area contributed by atoms with Crippen LogP contribution in [0.5, 0.6) is 0 Å². The largest absolute Gasteiger partial charge is 0.465 e. The standard InChI is InChI=1S/C12H26N2O3/c1-7-17-11(15)12(3,13-4)9-14(5)10(2)8-16-6/h10,13H,7-9H2,1-6H3. The van der Waals surface area contributed by atoms with Crippen molar-refractivity contribution in [3.8, 4) is 0 Å². The monoisotopic (exact) mass is 246 g/mol. The number of ether oxygens (including phenoxy) is 2. The van der Waals surface area contributed by atoms with Crippen LogP contribution in [-0.2, 0) is 14.3 Å². The van der Waals surface area contributed by atoms with Crippen LogP contribution in [-0.4, -0.2) is 63.4 Å². The van der Waals surface area contributed by atoms with E-state index in [1.54, 1.807) is 14.2 Å². The molecule has 2 unspecified atom stereocenters. The van der Waals surface area contributed by atoms with Crippen molar-refractivity contribution in [1.29, 1.82) is 0 Å². The van der Waals surface area contributed by atoms with Gasteiger partial charge >= 0.3 is 5.97 Å². The second kappa shape index (κ2) is 7.63. The minimum Gasteiger partial charge on any atom is -0.465 e. The highest BCUT2D eigenvalue weighted by molar-refractivity contribution is 5.80. The average molecular weight is 246 g/mol. The molecule has 0 aromatic rings. The maximum atomic E-state index is 11.9. The first-order chi connectivity index (χ1) is 7.91. The quantitative estimate of drug-likeness (QED) is 0.632. The van der Waals surface area contributed by atoms with Crippen molar-refractivity contribution >= 4 is 5.97 Å². The van der Waals surface area contributed by atoms with Crippen molar-refractivity contribution in [2.45, 2.75) is 32.4 Å². The number of carbonyl (C=O) groups excluding carboxylic acids is 1. The molecule has 5 nitrogen and oxygen atoms in total. The van der Waals surface area contributed by atoms with Crippen molar-refractivity contribution in [2.24, 2.45) is 0 Å². The number of esters is 1. The number of likely N-dealkylation sites (N-methyl/N-ethyl adjacent to an activating group) is 2. The van der Waals surface area contributed by atoms with Gasteiger partial charge in [0.1, 0.15) is 5.54 Å². The van der Waals surface area contributed by atoms with Crippen molar-refractivity contribution in [3.63, 3.8) is 0 Å². The minimum atomic E-state index is -0.688. The van der Waals surface area contributed by atoms with E-state index in [1.807, 2.05) is 20.9 Å². The summed E-state index contributed by atoms with van der Waals surface area (Å²) in [6.07, 6.45) is 0. The fourth-order valence-electron chi connectivity index (χ4n) is 1.56. The Kier molecular flexibility index (Phi) is 7.34. The summed E-state index contributed by atoms with van der Waals surface area (Å²) in [7, 11) is 5.41. The summed E-state index contributed by atoms with van der Waals surface area (Å²) in [4.78, 5) is 13.9. The molecular formula is C12H26N2O3. The highest BCUT2D eigenvalue weighted by Crippen LogP contribution is 2.10. The third kappa shape index (κ3) is 5.02. The van der Waals surface area contributed by atoms with Gasteiger partial charge in [-0.3, -0.25) is 9.69 Å². The lowest BCUT2D eigenvalue weighted by Crippen LogP contribution is -2.57. The Morgan fingerprint density at radius 2 is 2.12 bits per heavy atom. The number of nitrogens with zero attached hydrogens (tertiary/aromatic N) is 1. The molecule has 0 aliphatic heterocycles. The fraction of sp³-hybridized carbons (Fsp3) is 0.917. The van der Waals surface area contributed by atoms with E-state index in [0.29, 0.717) is 19.8 Å². The summed E-state index contributed by atoms with van der Waals surface area (Å²) >= 11 is 0. The van der Waals surface area contributed by atoms with E-state index >= 15 is 0 Å². The van der Waals surface area contributed by atoms with E-state index in [1.165, 1.54) is 0 Å². The third-order valence-electron chi connectivity index (χ3n) is 3.00. The summed E-state index contributed by atoms with van der Waals surface area (Å²) in [6, 6.07) is 0.252. The first kappa shape index (κ1) is 16.4. The van der Waals surface area contributed by atoms with Crippen LogP contribution in [0.1, 0.15) is 20.8 Å². The van der Waals surface area contributed by atoms with Gasteiger partial charge in [-0.25, -0.2) is 0 Å². The number of hydrogen-bond donors (Lipinski definition) is 1. The van der Waals surface area contributed by atoms with Gasteiger partial charge in [0.15, 0.2) is 0 Å². The zero-order chi connectivity index (χ0) is 13.5. The lowest BCUT2D eigenvalue weighted by molar-refractivity contribution is -0.151. The summed E-state index contributed by atoms with van der Waals surface area (Å²) in [5, 5.41) is 3.03. The van der Waals surface area contributed by atoms with Gasteiger partial charge in [-0.2, -0.15) is 0 Å². The molecule has 0 amide bonds. The van der Waals surface area contributed by atoms with Gasteiger partial charge in [0.05, 0.1) is 13.2 Å². The molecule has 5 heteroatoms. The van der Waals surface area contributed by atoms with Crippen LogP contribution in [0.15, 0.2) is 0 Å². The Morgan fingerprint density at radius 3 is 2.53 bits per heavy atom. The molecular weight excluding hydrogens is 220 g/mol. The van der Waals surface area contributed by atoms with Crippen LogP contribution in [0.3, 0.4) is 0 Å². The highest BCUT2D eigenvalue weighted by atomic mass is 16.5. The molecule has 0 aliphatic rings. The van der Waals surface area contributed by atoms with Crippen LogP contribution < -0.4 is 5.32 Å². The molecule has 0 saturated carbocycles. The molecule has 0 aliphatic carbocycles. The second-order valence-corrected chi connectivity index (χ2v) is 4.52. The lowest BCUT2D eigenvalue weighted by atomic mass is 10.0. The van der Waals surface area contributed by atoms with Gasteiger partial charge in [-0.1, -0.05) is 0 Å². The Bertz CT molecular complexity index is 236. The van der Waals surface area contributed by atoms with Crippen LogP contribution in [0.2, 0.25) is 0 Å². The van der Waals surface area contributed by atoms with E-state index in [0.717, 1.165) is 0 Å². The van der Waals surface area contributed by atoms with Crippen LogP contribution >= 0.6 is 0 Å². The molecule has 0 aromatic heterocycles. The zero-order valence-corrected chi connectivity index (χ0v) is 11.9. The number of hydrogen-bond acceptors (Lipinski definition) is 5. The number of nitrogens with one attached hydrogen (secondary N) is 1. The molecule has 0 radical (unpaired) electrons. The summed E-state index contributed by atoms with van der Waals surface area (Å²) < 4.78 is 10.2. The number of methoxy groups -OCH3 is 1. The fourth-order valence-corrected chi connectivity index (χ4v) is 1.56. The highest BCUT2D eigenvalue weighted by Gasteiger charge is 2.35. The first-order valence-corrected chi connectivity index (χ1v) is 5.96. The van der Waals surface area contributed by atoms with Crippen molar-refractivity contribution < 1.29 is 14.3 Å². The molecule has 1 N–H and O–H groups in total. The predicted molar refractivity (Wildman–Crippen MR) is 68.1 cm³/mol. The van der Waals surface area contributed by atoms with E-state index in [-0.39, 0.29) is 12.0 Å². The molecule has 17 heavy (non-hydrogen) atoms. The van der Waals surface area contributed by atoms with Crippen LogP contribution in [0, 0.1) is 0 Å². The summed E-state index contributed by atoms with van der Waals surface area (Å²) in [6.45, 7) is 7.33. The third-order valence-corrected chi connectivity index (χ3v) is 3.00. The smallest absolute Gasteiger partial charge is 0.327 e. The van der Waals surface area contributed by atoms with Gasteiger partial charge in [0.25, 0.3) is 0 Å². The number of rotatable bonds is 8. The average Bonchev–Trinajstić information content (AvgIpc) is 2.29. The lowest BCUT2D eigenvalue weighted by Gasteiger charge is -2.34. The SMILES string of the molecule is CCOC(=O)C(C)(CN(C)C(C)COC)NC. The number of carbonyl (C=O) groups is 1. The van der Waals surface area contributed by atoms with Crippen molar-refractivity contribution in [1.82, 2.24) is 10.2 Å². The Balaban J connectivity index is 4.51. The minimum absolute atomic E-state index is 0.223. The van der Waals surface area contributed by atoms with Gasteiger partial charge in [0, 0.05) is 19.7 Å². The van der Waals surface area contributed by atoms with Gasteiger partial charge in [0.2, 0.25) is 0 Å². The molecule has 0 aromatic carbocycles. The van der Waals surface area contributed by atoms with Crippen LogP contribution in [0.4, 0.5) is 0 Å². The molecule has 2 atom stereocenters. The van der Waals surface area contributed by atoms with Crippen molar-refractivity contribution in [3.05, 3.63) is 0 Å². The van der Waals surface area contributed by atoms with E-state index in [9.17, 15) is 4.79 Å². The Labute approximate surface area is 104 Å². The second-order valence-electron chi connectivity index (χ2n) is 4.52. The molecule has 102 valence electrons. The van der Waals surface area contributed by atoms with Crippen molar-refractivity contribution in [2.75, 3.05) is 41.0 Å². The predicted octanol–water partition coefficient (Wildman–Crippen LogP) is 0.494. The Hall–Kier alpha value is -0.650. The zero-order valence-electron chi connectivity index (χ0n) is 11.9. The van der Waals surface area contributed by atoms with Gasteiger partial charge in [-0.05, 0) is 34.9 Å². The molecule has 0 fully saturated rings. The topological polar surface area (TPSA) is 50.8 Å². The molecule has 0 rings (SSSR count). The van der Waals surface area contributed by atoms with Gasteiger partial charge in [-0.15, -0.1) is 0 Å².